The van der Waals surface area contributed by atoms with Crippen LogP contribution in [0.1, 0.15) is 20.8 Å². The zero-order valence-electron chi connectivity index (χ0n) is 8.34. The summed E-state index contributed by atoms with van der Waals surface area (Å²) in [6.45, 7) is 5.69. The van der Waals surface area contributed by atoms with Gasteiger partial charge in [0.15, 0.2) is 9.84 Å². The average molecular weight is 229 g/mol. The molecule has 0 rings (SSSR count). The SMILES string of the molecule is CC(C)(C)S(=O)(=O)CCOCCCl. The van der Waals surface area contributed by atoms with Crippen LogP contribution in [-0.2, 0) is 14.6 Å². The molecule has 0 saturated carbocycles. The molecule has 0 aliphatic carbocycles. The first-order valence-electron chi connectivity index (χ1n) is 4.17. The molecule has 80 valence electrons. The topological polar surface area (TPSA) is 43.4 Å². The van der Waals surface area contributed by atoms with Crippen molar-refractivity contribution in [2.75, 3.05) is 24.8 Å². The molecule has 0 heterocycles. The highest BCUT2D eigenvalue weighted by Gasteiger charge is 2.28. The molecule has 0 unspecified atom stereocenters. The number of rotatable bonds is 5. The molecular formula is C8H17ClO3S. The van der Waals surface area contributed by atoms with E-state index in [1.54, 1.807) is 20.8 Å². The quantitative estimate of drug-likeness (QED) is 0.529. The zero-order chi connectivity index (χ0) is 10.5. The van der Waals surface area contributed by atoms with E-state index in [1.807, 2.05) is 0 Å². The molecule has 0 radical (unpaired) electrons. The second-order valence-corrected chi connectivity index (χ2v) is 6.97. The summed E-state index contributed by atoms with van der Waals surface area (Å²) in [4.78, 5) is 0. The lowest BCUT2D eigenvalue weighted by Crippen LogP contribution is -2.32. The van der Waals surface area contributed by atoms with Crippen LogP contribution in [0.3, 0.4) is 0 Å². The van der Waals surface area contributed by atoms with Crippen LogP contribution in [0.25, 0.3) is 0 Å². The van der Waals surface area contributed by atoms with Crippen LogP contribution in [0.5, 0.6) is 0 Å². The van der Waals surface area contributed by atoms with Gasteiger partial charge in [-0.3, -0.25) is 0 Å². The molecule has 0 atom stereocenters. The second kappa shape index (κ2) is 5.17. The number of hydrogen-bond acceptors (Lipinski definition) is 3. The van der Waals surface area contributed by atoms with Crippen molar-refractivity contribution in [1.29, 1.82) is 0 Å². The largest absolute Gasteiger partial charge is 0.379 e. The molecule has 0 saturated heterocycles. The third kappa shape index (κ3) is 4.84. The van der Waals surface area contributed by atoms with Gasteiger partial charge in [0.05, 0.1) is 23.7 Å². The van der Waals surface area contributed by atoms with Crippen molar-refractivity contribution >= 4 is 21.4 Å². The molecule has 0 aromatic carbocycles. The Morgan fingerprint density at radius 1 is 1.23 bits per heavy atom. The van der Waals surface area contributed by atoms with E-state index >= 15 is 0 Å². The smallest absolute Gasteiger partial charge is 0.157 e. The van der Waals surface area contributed by atoms with Gasteiger partial charge in [-0.05, 0) is 20.8 Å². The monoisotopic (exact) mass is 228 g/mol. The third-order valence-electron chi connectivity index (χ3n) is 1.65. The summed E-state index contributed by atoms with van der Waals surface area (Å²) in [6, 6.07) is 0. The maximum absolute atomic E-state index is 11.5. The number of sulfone groups is 1. The fraction of sp³-hybridized carbons (Fsp3) is 1.00. The Kier molecular flexibility index (Phi) is 5.25. The summed E-state index contributed by atoms with van der Waals surface area (Å²) < 4.78 is 27.3. The van der Waals surface area contributed by atoms with Gasteiger partial charge in [0.25, 0.3) is 0 Å². The highest BCUT2D eigenvalue weighted by Crippen LogP contribution is 2.15. The van der Waals surface area contributed by atoms with Gasteiger partial charge in [0, 0.05) is 5.88 Å². The van der Waals surface area contributed by atoms with Gasteiger partial charge in [-0.2, -0.15) is 0 Å². The minimum atomic E-state index is -3.05. The molecule has 0 aliphatic heterocycles. The van der Waals surface area contributed by atoms with E-state index in [9.17, 15) is 8.42 Å². The number of ether oxygens (including phenoxy) is 1. The molecule has 0 aromatic rings. The van der Waals surface area contributed by atoms with Crippen LogP contribution < -0.4 is 0 Å². The molecule has 0 bridgehead atoms. The van der Waals surface area contributed by atoms with Crippen molar-refractivity contribution in [1.82, 2.24) is 0 Å². The molecule has 13 heavy (non-hydrogen) atoms. The molecule has 3 nitrogen and oxygen atoms in total. The Morgan fingerprint density at radius 2 is 1.77 bits per heavy atom. The Hall–Kier alpha value is 0.200. The fourth-order valence-corrected chi connectivity index (χ4v) is 1.69. The highest BCUT2D eigenvalue weighted by molar-refractivity contribution is 7.92. The number of hydrogen-bond donors (Lipinski definition) is 0. The van der Waals surface area contributed by atoms with Gasteiger partial charge in [-0.25, -0.2) is 8.42 Å². The van der Waals surface area contributed by atoms with Crippen LogP contribution >= 0.6 is 11.6 Å². The maximum atomic E-state index is 11.5. The van der Waals surface area contributed by atoms with Gasteiger partial charge in [0.2, 0.25) is 0 Å². The van der Waals surface area contributed by atoms with E-state index in [2.05, 4.69) is 0 Å². The number of halogens is 1. The van der Waals surface area contributed by atoms with E-state index in [-0.39, 0.29) is 12.4 Å². The van der Waals surface area contributed by atoms with Crippen molar-refractivity contribution in [3.05, 3.63) is 0 Å². The standard InChI is InChI=1S/C8H17ClO3S/c1-8(2,3)13(10,11)7-6-12-5-4-9/h4-7H2,1-3H3. The van der Waals surface area contributed by atoms with Crippen LogP contribution in [0.15, 0.2) is 0 Å². The lowest BCUT2D eigenvalue weighted by molar-refractivity contribution is 0.165. The minimum absolute atomic E-state index is 0.0629. The van der Waals surface area contributed by atoms with Crippen molar-refractivity contribution in [2.24, 2.45) is 0 Å². The van der Waals surface area contributed by atoms with Crippen LogP contribution in [-0.4, -0.2) is 38.0 Å². The van der Waals surface area contributed by atoms with Crippen molar-refractivity contribution in [3.63, 3.8) is 0 Å². The lowest BCUT2D eigenvalue weighted by Gasteiger charge is -2.18. The van der Waals surface area contributed by atoms with E-state index in [0.717, 1.165) is 0 Å². The molecular weight excluding hydrogens is 212 g/mol. The summed E-state index contributed by atoms with van der Waals surface area (Å²) in [7, 11) is -3.05. The molecule has 0 aromatic heterocycles. The summed E-state index contributed by atoms with van der Waals surface area (Å²) in [5, 5.41) is 0. The third-order valence-corrected chi connectivity index (χ3v) is 4.38. The van der Waals surface area contributed by atoms with Crippen LogP contribution in [0, 0.1) is 0 Å². The van der Waals surface area contributed by atoms with Gasteiger partial charge < -0.3 is 4.74 Å². The zero-order valence-corrected chi connectivity index (χ0v) is 9.91. The van der Waals surface area contributed by atoms with Gasteiger partial charge >= 0.3 is 0 Å². The van der Waals surface area contributed by atoms with E-state index < -0.39 is 14.6 Å². The predicted octanol–water partition coefficient (Wildman–Crippen LogP) is 1.46. The van der Waals surface area contributed by atoms with Gasteiger partial charge in [-0.1, -0.05) is 0 Å². The molecule has 0 N–H and O–H groups in total. The van der Waals surface area contributed by atoms with Crippen molar-refractivity contribution in [3.8, 4) is 0 Å². The van der Waals surface area contributed by atoms with E-state index in [4.69, 9.17) is 16.3 Å². The second-order valence-electron chi connectivity index (χ2n) is 3.73. The molecule has 0 spiro atoms. The van der Waals surface area contributed by atoms with E-state index in [0.29, 0.717) is 12.5 Å². The Labute approximate surface area is 85.3 Å². The molecule has 0 aliphatic rings. The summed E-state index contributed by atoms with van der Waals surface area (Å²) in [5.74, 6) is 0.461. The molecule has 0 amide bonds. The van der Waals surface area contributed by atoms with Gasteiger partial charge in [0.1, 0.15) is 0 Å². The summed E-state index contributed by atoms with van der Waals surface area (Å²) in [5.41, 5.74) is 0. The summed E-state index contributed by atoms with van der Waals surface area (Å²) in [6.07, 6.45) is 0. The Bertz CT molecular complexity index is 228. The molecule has 5 heteroatoms. The van der Waals surface area contributed by atoms with Gasteiger partial charge in [-0.15, -0.1) is 11.6 Å². The number of alkyl halides is 1. The van der Waals surface area contributed by atoms with Crippen LogP contribution in [0.2, 0.25) is 0 Å². The lowest BCUT2D eigenvalue weighted by atomic mass is 10.3. The van der Waals surface area contributed by atoms with Crippen LogP contribution in [0.4, 0.5) is 0 Å². The Balaban J connectivity index is 3.92. The van der Waals surface area contributed by atoms with Crippen molar-refractivity contribution in [2.45, 2.75) is 25.5 Å². The first-order chi connectivity index (χ1) is 5.81. The first-order valence-corrected chi connectivity index (χ1v) is 6.36. The predicted molar refractivity (Wildman–Crippen MR) is 55.1 cm³/mol. The normalized spacial score (nSPS) is 13.2. The van der Waals surface area contributed by atoms with E-state index in [1.165, 1.54) is 0 Å². The highest BCUT2D eigenvalue weighted by atomic mass is 35.5. The fourth-order valence-electron chi connectivity index (χ4n) is 0.631. The summed E-state index contributed by atoms with van der Waals surface area (Å²) >= 11 is 5.37. The Morgan fingerprint density at radius 3 is 2.15 bits per heavy atom. The average Bonchev–Trinajstić information content (AvgIpc) is 1.96. The minimum Gasteiger partial charge on any atom is -0.379 e. The first kappa shape index (κ1) is 13.2. The molecule has 0 fully saturated rings. The van der Waals surface area contributed by atoms with Crippen molar-refractivity contribution < 1.29 is 13.2 Å². The maximum Gasteiger partial charge on any atom is 0.157 e.